The molecular weight excluding hydrogens is 248 g/mol. The summed E-state index contributed by atoms with van der Waals surface area (Å²) in [6.45, 7) is 1.88. The number of benzene rings is 1. The summed E-state index contributed by atoms with van der Waals surface area (Å²) in [5, 5.41) is 2.85. The van der Waals surface area contributed by atoms with Gasteiger partial charge in [0.1, 0.15) is 5.75 Å². The summed E-state index contributed by atoms with van der Waals surface area (Å²) in [6.07, 6.45) is 0.857. The van der Waals surface area contributed by atoms with Gasteiger partial charge in [-0.05, 0) is 24.6 Å². The molecule has 0 aliphatic rings. The summed E-state index contributed by atoms with van der Waals surface area (Å²) in [6, 6.07) is 7.38. The van der Waals surface area contributed by atoms with E-state index in [2.05, 4.69) is 5.32 Å². The Labute approximate surface area is 113 Å². The highest BCUT2D eigenvalue weighted by molar-refractivity contribution is 7.80. The summed E-state index contributed by atoms with van der Waals surface area (Å²) in [7, 11) is 1.61. The van der Waals surface area contributed by atoms with Gasteiger partial charge >= 0.3 is 0 Å². The molecule has 0 saturated heterocycles. The van der Waals surface area contributed by atoms with E-state index in [9.17, 15) is 4.79 Å². The number of amides is 1. The average Bonchev–Trinajstić information content (AvgIpc) is 2.28. The van der Waals surface area contributed by atoms with Crippen molar-refractivity contribution < 1.29 is 9.53 Å². The van der Waals surface area contributed by atoms with Crippen LogP contribution in [0.15, 0.2) is 24.3 Å². The van der Waals surface area contributed by atoms with Crippen LogP contribution in [0.1, 0.15) is 18.9 Å². The van der Waals surface area contributed by atoms with Crippen LogP contribution >= 0.6 is 12.2 Å². The molecular formula is C13H18N2O2S. The van der Waals surface area contributed by atoms with Crippen molar-refractivity contribution in [2.45, 2.75) is 25.8 Å². The van der Waals surface area contributed by atoms with E-state index in [1.165, 1.54) is 0 Å². The van der Waals surface area contributed by atoms with Gasteiger partial charge in [0.2, 0.25) is 5.91 Å². The minimum Gasteiger partial charge on any atom is -0.497 e. The summed E-state index contributed by atoms with van der Waals surface area (Å²) in [5.41, 5.74) is 6.36. The summed E-state index contributed by atoms with van der Waals surface area (Å²) >= 11 is 4.79. The number of carbonyl (C=O) groups is 1. The average molecular weight is 266 g/mol. The zero-order valence-electron chi connectivity index (χ0n) is 10.6. The third kappa shape index (κ3) is 5.14. The van der Waals surface area contributed by atoms with E-state index in [0.717, 1.165) is 11.3 Å². The van der Waals surface area contributed by atoms with Crippen LogP contribution in [0.3, 0.4) is 0 Å². The highest BCUT2D eigenvalue weighted by Crippen LogP contribution is 2.11. The molecule has 0 fully saturated rings. The molecule has 0 spiro atoms. The molecule has 0 saturated carbocycles. The number of ether oxygens (including phenoxy) is 1. The van der Waals surface area contributed by atoms with E-state index in [1.807, 2.05) is 31.2 Å². The second-order valence-electron chi connectivity index (χ2n) is 4.16. The molecule has 1 rings (SSSR count). The molecule has 5 heteroatoms. The van der Waals surface area contributed by atoms with Crippen molar-refractivity contribution in [3.63, 3.8) is 0 Å². The van der Waals surface area contributed by atoms with Crippen LogP contribution in [0.5, 0.6) is 5.75 Å². The molecule has 0 bridgehead atoms. The molecule has 0 heterocycles. The Morgan fingerprint density at radius 3 is 2.56 bits per heavy atom. The molecule has 1 atom stereocenters. The first-order chi connectivity index (χ1) is 8.51. The number of nitrogens with two attached hydrogens (primary N) is 1. The Balaban J connectivity index is 2.46. The quantitative estimate of drug-likeness (QED) is 0.764. The first-order valence-corrected chi connectivity index (χ1v) is 6.12. The van der Waals surface area contributed by atoms with Crippen molar-refractivity contribution >= 4 is 23.1 Å². The first kappa shape index (κ1) is 14.4. The molecule has 0 aromatic heterocycles. The van der Waals surface area contributed by atoms with Gasteiger partial charge in [-0.2, -0.15) is 0 Å². The molecule has 0 radical (unpaired) electrons. The highest BCUT2D eigenvalue weighted by Gasteiger charge is 2.09. The van der Waals surface area contributed by atoms with Gasteiger partial charge in [0.25, 0.3) is 0 Å². The van der Waals surface area contributed by atoms with Crippen LogP contribution in [0.25, 0.3) is 0 Å². The van der Waals surface area contributed by atoms with Crippen LogP contribution in [0, 0.1) is 0 Å². The topological polar surface area (TPSA) is 64.3 Å². The Kier molecular flexibility index (Phi) is 5.58. The number of hydrogen-bond donors (Lipinski definition) is 2. The molecule has 1 aromatic carbocycles. The van der Waals surface area contributed by atoms with Gasteiger partial charge in [0.15, 0.2) is 0 Å². The predicted octanol–water partition coefficient (Wildman–Crippen LogP) is 1.42. The van der Waals surface area contributed by atoms with E-state index < -0.39 is 0 Å². The van der Waals surface area contributed by atoms with Gasteiger partial charge in [0.05, 0.1) is 18.5 Å². The lowest BCUT2D eigenvalue weighted by Crippen LogP contribution is -2.36. The Bertz CT molecular complexity index is 418. The monoisotopic (exact) mass is 266 g/mol. The van der Waals surface area contributed by atoms with Gasteiger partial charge in [0, 0.05) is 12.5 Å². The zero-order valence-corrected chi connectivity index (χ0v) is 11.4. The smallest absolute Gasteiger partial charge is 0.224 e. The molecule has 98 valence electrons. The minimum atomic E-state index is -0.0380. The van der Waals surface area contributed by atoms with Gasteiger partial charge in [-0.1, -0.05) is 24.4 Å². The molecule has 3 N–H and O–H groups in total. The maximum Gasteiger partial charge on any atom is 0.224 e. The van der Waals surface area contributed by atoms with E-state index in [1.54, 1.807) is 7.11 Å². The number of methoxy groups -OCH3 is 1. The van der Waals surface area contributed by atoms with Crippen molar-refractivity contribution in [3.05, 3.63) is 29.8 Å². The van der Waals surface area contributed by atoms with E-state index in [0.29, 0.717) is 17.8 Å². The lowest BCUT2D eigenvalue weighted by molar-refractivity contribution is -0.120. The molecule has 1 amide bonds. The molecule has 1 unspecified atom stereocenters. The number of hydrogen-bond acceptors (Lipinski definition) is 3. The Morgan fingerprint density at radius 1 is 1.44 bits per heavy atom. The Morgan fingerprint density at radius 2 is 2.06 bits per heavy atom. The fourth-order valence-electron chi connectivity index (χ4n) is 1.61. The lowest BCUT2D eigenvalue weighted by atomic mass is 10.1. The molecule has 0 aliphatic carbocycles. The van der Waals surface area contributed by atoms with Crippen LogP contribution in [-0.2, 0) is 11.2 Å². The fourth-order valence-corrected chi connectivity index (χ4v) is 1.86. The summed E-state index contributed by atoms with van der Waals surface area (Å²) in [5.74, 6) is 0.741. The van der Waals surface area contributed by atoms with E-state index in [4.69, 9.17) is 22.7 Å². The Hall–Kier alpha value is -1.62. The SMILES string of the molecule is COc1ccc(CC(=O)NC(C)CC(N)=S)cc1. The van der Waals surface area contributed by atoms with Crippen molar-refractivity contribution in [2.24, 2.45) is 5.73 Å². The number of thiocarbonyl (C=S) groups is 1. The van der Waals surface area contributed by atoms with E-state index in [-0.39, 0.29) is 11.9 Å². The van der Waals surface area contributed by atoms with Crippen molar-refractivity contribution in [3.8, 4) is 5.75 Å². The normalized spacial score (nSPS) is 11.7. The van der Waals surface area contributed by atoms with Gasteiger partial charge in [-0.3, -0.25) is 4.79 Å². The third-order valence-electron chi connectivity index (χ3n) is 2.44. The first-order valence-electron chi connectivity index (χ1n) is 5.72. The van der Waals surface area contributed by atoms with Crippen molar-refractivity contribution in [2.75, 3.05) is 7.11 Å². The maximum absolute atomic E-state index is 11.7. The summed E-state index contributed by atoms with van der Waals surface area (Å²) in [4.78, 5) is 12.1. The molecule has 1 aromatic rings. The third-order valence-corrected chi connectivity index (χ3v) is 2.61. The van der Waals surface area contributed by atoms with Crippen LogP contribution in [0.2, 0.25) is 0 Å². The largest absolute Gasteiger partial charge is 0.497 e. The van der Waals surface area contributed by atoms with Gasteiger partial charge in [-0.15, -0.1) is 0 Å². The van der Waals surface area contributed by atoms with Crippen LogP contribution < -0.4 is 15.8 Å². The molecule has 0 aliphatic heterocycles. The van der Waals surface area contributed by atoms with Gasteiger partial charge < -0.3 is 15.8 Å². The number of rotatable bonds is 6. The minimum absolute atomic E-state index is 0.0340. The van der Waals surface area contributed by atoms with Crippen molar-refractivity contribution in [1.29, 1.82) is 0 Å². The zero-order chi connectivity index (χ0) is 13.5. The lowest BCUT2D eigenvalue weighted by Gasteiger charge is -2.13. The summed E-state index contributed by atoms with van der Waals surface area (Å²) < 4.78 is 5.05. The second-order valence-corrected chi connectivity index (χ2v) is 4.69. The molecule has 4 nitrogen and oxygen atoms in total. The number of nitrogens with one attached hydrogen (secondary N) is 1. The highest BCUT2D eigenvalue weighted by atomic mass is 32.1. The van der Waals surface area contributed by atoms with Crippen LogP contribution in [0.4, 0.5) is 0 Å². The van der Waals surface area contributed by atoms with Crippen LogP contribution in [-0.4, -0.2) is 24.0 Å². The fraction of sp³-hybridized carbons (Fsp3) is 0.385. The van der Waals surface area contributed by atoms with Crippen molar-refractivity contribution in [1.82, 2.24) is 5.32 Å². The standard InChI is InChI=1S/C13H18N2O2S/c1-9(7-12(14)18)15-13(16)8-10-3-5-11(17-2)6-4-10/h3-6,9H,7-8H2,1-2H3,(H2,14,18)(H,15,16). The number of carbonyl (C=O) groups excluding carboxylic acids is 1. The van der Waals surface area contributed by atoms with Gasteiger partial charge in [-0.25, -0.2) is 0 Å². The molecule has 18 heavy (non-hydrogen) atoms. The maximum atomic E-state index is 11.7. The van der Waals surface area contributed by atoms with E-state index >= 15 is 0 Å². The predicted molar refractivity (Wildman–Crippen MR) is 75.7 cm³/mol. The second kappa shape index (κ2) is 6.96.